The first-order valence-electron chi connectivity index (χ1n) is 7.53. The van der Waals surface area contributed by atoms with E-state index in [2.05, 4.69) is 5.32 Å². The molecule has 1 aromatic heterocycles. The van der Waals surface area contributed by atoms with Crippen molar-refractivity contribution in [2.45, 2.75) is 12.8 Å². The molecule has 0 unspecified atom stereocenters. The second-order valence-electron chi connectivity index (χ2n) is 5.49. The Kier molecular flexibility index (Phi) is 4.47. The van der Waals surface area contributed by atoms with Gasteiger partial charge in [0.25, 0.3) is 11.5 Å². The van der Waals surface area contributed by atoms with E-state index in [9.17, 15) is 18.4 Å². The highest BCUT2D eigenvalue weighted by atomic mass is 19.1. The molecule has 0 atom stereocenters. The van der Waals surface area contributed by atoms with Gasteiger partial charge in [-0.2, -0.15) is 0 Å². The number of benzene rings is 1. The maximum absolute atomic E-state index is 13.3. The van der Waals surface area contributed by atoms with Gasteiger partial charge in [-0.1, -0.05) is 0 Å². The van der Waals surface area contributed by atoms with Crippen LogP contribution >= 0.6 is 0 Å². The lowest BCUT2D eigenvalue weighted by molar-refractivity contribution is 0.102. The summed E-state index contributed by atoms with van der Waals surface area (Å²) in [5, 5.41) is 11.6. The molecule has 0 fully saturated rings. The zero-order valence-electron chi connectivity index (χ0n) is 13.0. The number of pyridine rings is 1. The van der Waals surface area contributed by atoms with E-state index < -0.39 is 23.0 Å². The number of hydrogen-bond donors (Lipinski definition) is 2. The number of rotatable bonds is 3. The first kappa shape index (κ1) is 16.6. The van der Waals surface area contributed by atoms with Crippen molar-refractivity contribution in [1.82, 2.24) is 4.57 Å². The van der Waals surface area contributed by atoms with Crippen LogP contribution in [0, 0.1) is 5.82 Å². The van der Waals surface area contributed by atoms with Crippen LogP contribution in [0.25, 0.3) is 5.70 Å². The minimum Gasteiger partial charge on any atom is -0.505 e. The molecule has 1 heterocycles. The van der Waals surface area contributed by atoms with Crippen molar-refractivity contribution in [1.29, 1.82) is 0 Å². The van der Waals surface area contributed by atoms with Gasteiger partial charge in [0.05, 0.1) is 0 Å². The molecule has 1 aliphatic rings. The van der Waals surface area contributed by atoms with E-state index in [0.717, 1.165) is 12.1 Å². The zero-order chi connectivity index (χ0) is 18.0. The third kappa shape index (κ3) is 3.50. The normalized spacial score (nSPS) is 13.8. The highest BCUT2D eigenvalue weighted by Crippen LogP contribution is 2.22. The summed E-state index contributed by atoms with van der Waals surface area (Å²) >= 11 is 0. The number of carbonyl (C=O) groups is 1. The topological polar surface area (TPSA) is 71.3 Å². The van der Waals surface area contributed by atoms with Gasteiger partial charge in [-0.05, 0) is 42.8 Å². The first-order chi connectivity index (χ1) is 12.0. The predicted octanol–water partition coefficient (Wildman–Crippen LogP) is 3.43. The standard InChI is InChI=1S/C18H14F2N2O3/c19-11-3-6-13(7-4-11)22-9-1-2-14(18(22)25)17(24)21-12-5-8-16(23)15(20)10-12/h1-3,5-6,8-10,23H,4,7H2,(H,21,24). The molecule has 25 heavy (non-hydrogen) atoms. The maximum Gasteiger partial charge on any atom is 0.267 e. The fourth-order valence-electron chi connectivity index (χ4n) is 2.48. The Morgan fingerprint density at radius 3 is 2.64 bits per heavy atom. The molecular formula is C18H14F2N2O3. The molecule has 0 radical (unpaired) electrons. The molecule has 1 amide bonds. The lowest BCUT2D eigenvalue weighted by Gasteiger charge is -2.14. The van der Waals surface area contributed by atoms with Crippen molar-refractivity contribution in [3.63, 3.8) is 0 Å². The van der Waals surface area contributed by atoms with Gasteiger partial charge in [0, 0.05) is 30.1 Å². The van der Waals surface area contributed by atoms with Gasteiger partial charge < -0.3 is 10.4 Å². The Bertz CT molecular complexity index is 961. The average Bonchev–Trinajstić information content (AvgIpc) is 2.59. The smallest absolute Gasteiger partial charge is 0.267 e. The number of nitrogens with zero attached hydrogens (tertiary/aromatic N) is 1. The summed E-state index contributed by atoms with van der Waals surface area (Å²) in [5.74, 6) is -2.39. The van der Waals surface area contributed by atoms with Crippen molar-refractivity contribution in [3.05, 3.63) is 76.2 Å². The third-order valence-electron chi connectivity index (χ3n) is 3.78. The van der Waals surface area contributed by atoms with Crippen LogP contribution in [0.4, 0.5) is 14.5 Å². The predicted molar refractivity (Wildman–Crippen MR) is 89.4 cm³/mol. The Morgan fingerprint density at radius 2 is 1.96 bits per heavy atom. The second-order valence-corrected chi connectivity index (χ2v) is 5.49. The summed E-state index contributed by atoms with van der Waals surface area (Å²) in [5.41, 5.74) is 0.00170. The van der Waals surface area contributed by atoms with E-state index in [0.29, 0.717) is 12.1 Å². The lowest BCUT2D eigenvalue weighted by Crippen LogP contribution is -2.28. The number of amides is 1. The summed E-state index contributed by atoms with van der Waals surface area (Å²) in [6.45, 7) is 0. The molecule has 0 spiro atoms. The van der Waals surface area contributed by atoms with Gasteiger partial charge in [-0.15, -0.1) is 0 Å². The van der Waals surface area contributed by atoms with E-state index in [1.54, 1.807) is 0 Å². The van der Waals surface area contributed by atoms with E-state index >= 15 is 0 Å². The van der Waals surface area contributed by atoms with Gasteiger partial charge in [-0.25, -0.2) is 8.78 Å². The van der Waals surface area contributed by atoms with Crippen LogP contribution in [0.1, 0.15) is 23.2 Å². The number of phenolic OH excluding ortho intramolecular Hbond substituents is 1. The molecule has 7 heteroatoms. The number of phenols is 1. The summed E-state index contributed by atoms with van der Waals surface area (Å²) in [4.78, 5) is 24.9. The summed E-state index contributed by atoms with van der Waals surface area (Å²) in [7, 11) is 0. The minimum atomic E-state index is -0.885. The van der Waals surface area contributed by atoms with Crippen molar-refractivity contribution >= 4 is 17.3 Å². The summed E-state index contributed by atoms with van der Waals surface area (Å²) < 4.78 is 27.7. The van der Waals surface area contributed by atoms with Crippen LogP contribution in [0.3, 0.4) is 0 Å². The summed E-state index contributed by atoms with van der Waals surface area (Å²) in [6, 6.07) is 6.25. The van der Waals surface area contributed by atoms with E-state index in [4.69, 9.17) is 5.11 Å². The summed E-state index contributed by atoms with van der Waals surface area (Å²) in [6.07, 6.45) is 4.83. The van der Waals surface area contributed by atoms with Crippen LogP contribution < -0.4 is 10.9 Å². The van der Waals surface area contributed by atoms with Crippen LogP contribution in [0.5, 0.6) is 5.75 Å². The monoisotopic (exact) mass is 344 g/mol. The highest BCUT2D eigenvalue weighted by Gasteiger charge is 2.16. The van der Waals surface area contributed by atoms with Crippen LogP contribution in [0.2, 0.25) is 0 Å². The van der Waals surface area contributed by atoms with E-state index in [1.165, 1.54) is 41.1 Å². The number of aromatic hydroxyl groups is 1. The molecular weight excluding hydrogens is 330 g/mol. The van der Waals surface area contributed by atoms with Crippen LogP contribution in [-0.2, 0) is 0 Å². The molecule has 1 aliphatic carbocycles. The molecule has 0 saturated heterocycles. The highest BCUT2D eigenvalue weighted by molar-refractivity contribution is 6.04. The molecule has 1 aromatic carbocycles. The number of hydrogen-bond acceptors (Lipinski definition) is 3. The molecule has 0 bridgehead atoms. The molecule has 5 nitrogen and oxygen atoms in total. The molecule has 2 N–H and O–H groups in total. The van der Waals surface area contributed by atoms with Gasteiger partial charge in [-0.3, -0.25) is 14.2 Å². The number of aromatic nitrogens is 1. The van der Waals surface area contributed by atoms with E-state index in [1.807, 2.05) is 0 Å². The number of allylic oxidation sites excluding steroid dienone is 4. The molecule has 0 aliphatic heterocycles. The number of anilines is 1. The van der Waals surface area contributed by atoms with Gasteiger partial charge in [0.15, 0.2) is 11.6 Å². The van der Waals surface area contributed by atoms with Crippen LogP contribution in [0.15, 0.2) is 59.3 Å². The number of nitrogens with one attached hydrogen (secondary N) is 1. The SMILES string of the molecule is O=C(Nc1ccc(O)c(F)c1)c1cccn(C2=CC=C(F)CC2)c1=O. The Hall–Kier alpha value is -3.22. The van der Waals surface area contributed by atoms with Gasteiger partial charge >= 0.3 is 0 Å². The molecule has 0 saturated carbocycles. The maximum atomic E-state index is 13.3. The van der Waals surface area contributed by atoms with Crippen molar-refractivity contribution in [2.24, 2.45) is 0 Å². The minimum absolute atomic E-state index is 0.108. The number of carbonyl (C=O) groups excluding carboxylic acids is 1. The number of halogens is 2. The third-order valence-corrected chi connectivity index (χ3v) is 3.78. The van der Waals surface area contributed by atoms with Gasteiger partial charge in [0.1, 0.15) is 11.4 Å². The first-order valence-corrected chi connectivity index (χ1v) is 7.53. The fourth-order valence-corrected chi connectivity index (χ4v) is 2.48. The Morgan fingerprint density at radius 1 is 1.16 bits per heavy atom. The fraction of sp³-hybridized carbons (Fsp3) is 0.111. The average molecular weight is 344 g/mol. The Labute approximate surface area is 141 Å². The Balaban J connectivity index is 1.90. The quantitative estimate of drug-likeness (QED) is 0.838. The lowest BCUT2D eigenvalue weighted by atomic mass is 10.1. The van der Waals surface area contributed by atoms with Crippen molar-refractivity contribution in [3.8, 4) is 5.75 Å². The van der Waals surface area contributed by atoms with E-state index in [-0.39, 0.29) is 23.5 Å². The second kappa shape index (κ2) is 6.72. The molecule has 2 aromatic rings. The molecule has 128 valence electrons. The molecule has 3 rings (SSSR count). The van der Waals surface area contributed by atoms with Crippen molar-refractivity contribution in [2.75, 3.05) is 5.32 Å². The van der Waals surface area contributed by atoms with Gasteiger partial charge in [0.2, 0.25) is 0 Å². The zero-order valence-corrected chi connectivity index (χ0v) is 13.0. The van der Waals surface area contributed by atoms with Crippen LogP contribution in [-0.4, -0.2) is 15.6 Å². The largest absolute Gasteiger partial charge is 0.505 e. The van der Waals surface area contributed by atoms with Crippen molar-refractivity contribution < 1.29 is 18.7 Å².